The molecule has 0 spiro atoms. The van der Waals surface area contributed by atoms with Gasteiger partial charge in [0.1, 0.15) is 11.2 Å². The molecule has 0 amide bonds. The van der Waals surface area contributed by atoms with Crippen LogP contribution >= 0.6 is 0 Å². The van der Waals surface area contributed by atoms with Gasteiger partial charge in [-0.25, -0.2) is 15.0 Å². The summed E-state index contributed by atoms with van der Waals surface area (Å²) in [5.74, 6) is 1.81. The Hall–Kier alpha value is -8.03. The molecule has 0 unspecified atom stereocenters. The molecule has 3 aromatic heterocycles. The SMILES string of the molecule is c1ccc(-c2nc(-c3ccccc3)nc(-c3cccc4oc5ccc(-n6c7ccccc7c7ccc8c(c76)Nc6ccccc6N8c6ccccc6)cc5c34)n2)cc1. The molecule has 58 heavy (non-hydrogen) atoms. The van der Waals surface area contributed by atoms with Crippen molar-refractivity contribution in [3.63, 3.8) is 0 Å². The van der Waals surface area contributed by atoms with Gasteiger partial charge in [0, 0.05) is 49.6 Å². The lowest BCUT2D eigenvalue weighted by molar-refractivity contribution is 0.669. The number of furan rings is 1. The molecule has 272 valence electrons. The summed E-state index contributed by atoms with van der Waals surface area (Å²) in [5.41, 5.74) is 12.9. The Labute approximate surface area is 333 Å². The minimum absolute atomic E-state index is 0.584. The van der Waals surface area contributed by atoms with Gasteiger partial charge in [0.25, 0.3) is 0 Å². The second-order valence-corrected chi connectivity index (χ2v) is 14.5. The average Bonchev–Trinajstić information content (AvgIpc) is 3.85. The summed E-state index contributed by atoms with van der Waals surface area (Å²) in [7, 11) is 0. The van der Waals surface area contributed by atoms with E-state index < -0.39 is 0 Å². The molecule has 0 atom stereocenters. The molecule has 0 saturated heterocycles. The fourth-order valence-corrected chi connectivity index (χ4v) is 8.59. The van der Waals surface area contributed by atoms with Crippen LogP contribution in [0.15, 0.2) is 192 Å². The molecule has 7 heteroatoms. The van der Waals surface area contributed by atoms with E-state index in [4.69, 9.17) is 19.4 Å². The second-order valence-electron chi connectivity index (χ2n) is 14.5. The third-order valence-corrected chi connectivity index (χ3v) is 11.2. The lowest BCUT2D eigenvalue weighted by atomic mass is 10.0. The van der Waals surface area contributed by atoms with Gasteiger partial charge in [0.2, 0.25) is 0 Å². The molecule has 1 aliphatic heterocycles. The van der Waals surface area contributed by atoms with Crippen molar-refractivity contribution in [2.45, 2.75) is 0 Å². The van der Waals surface area contributed by atoms with Crippen molar-refractivity contribution >= 4 is 72.2 Å². The fraction of sp³-hybridized carbons (Fsp3) is 0. The first-order chi connectivity index (χ1) is 28.8. The zero-order chi connectivity index (χ0) is 38.2. The second kappa shape index (κ2) is 12.8. The summed E-state index contributed by atoms with van der Waals surface area (Å²) >= 11 is 0. The van der Waals surface area contributed by atoms with Gasteiger partial charge in [-0.3, -0.25) is 0 Å². The summed E-state index contributed by atoms with van der Waals surface area (Å²) in [6.45, 7) is 0. The van der Waals surface area contributed by atoms with Crippen molar-refractivity contribution in [1.82, 2.24) is 19.5 Å². The van der Waals surface area contributed by atoms with Crippen LogP contribution in [0.4, 0.5) is 28.4 Å². The zero-order valence-electron chi connectivity index (χ0n) is 31.0. The van der Waals surface area contributed by atoms with E-state index in [-0.39, 0.29) is 0 Å². The normalized spacial score (nSPS) is 12.2. The van der Waals surface area contributed by atoms with E-state index in [9.17, 15) is 0 Å². The zero-order valence-corrected chi connectivity index (χ0v) is 31.0. The molecular weight excluding hydrogens is 713 g/mol. The van der Waals surface area contributed by atoms with Crippen LogP contribution in [-0.2, 0) is 0 Å². The van der Waals surface area contributed by atoms with Crippen molar-refractivity contribution in [2.75, 3.05) is 10.2 Å². The van der Waals surface area contributed by atoms with E-state index in [1.54, 1.807) is 0 Å². The number of fused-ring (bicyclic) bond motifs is 9. The highest BCUT2D eigenvalue weighted by atomic mass is 16.3. The van der Waals surface area contributed by atoms with Gasteiger partial charge >= 0.3 is 0 Å². The number of para-hydroxylation sites is 4. The number of aromatic nitrogens is 4. The summed E-state index contributed by atoms with van der Waals surface area (Å²) in [4.78, 5) is 17.5. The van der Waals surface area contributed by atoms with Crippen LogP contribution in [0.25, 0.3) is 83.6 Å². The first kappa shape index (κ1) is 32.2. The largest absolute Gasteiger partial charge is 0.456 e. The van der Waals surface area contributed by atoms with Gasteiger partial charge in [0.05, 0.1) is 33.8 Å². The Morgan fingerprint density at radius 2 is 1.12 bits per heavy atom. The lowest BCUT2D eigenvalue weighted by Gasteiger charge is -2.34. The number of anilines is 5. The van der Waals surface area contributed by atoms with Gasteiger partial charge in [-0.15, -0.1) is 0 Å². The van der Waals surface area contributed by atoms with Gasteiger partial charge in [0.15, 0.2) is 17.5 Å². The van der Waals surface area contributed by atoms with E-state index >= 15 is 0 Å². The third-order valence-electron chi connectivity index (χ3n) is 11.2. The number of hydrogen-bond donors (Lipinski definition) is 1. The minimum atomic E-state index is 0.584. The summed E-state index contributed by atoms with van der Waals surface area (Å²) in [6, 6.07) is 65.0. The molecule has 11 aromatic rings. The Kier molecular flexibility index (Phi) is 7.09. The molecule has 1 aliphatic rings. The standard InChI is InChI=1S/C51H32N6O/c1-4-15-32(16-5-1)49-53-50(33-17-6-2-7-18-33)55-51(54-49)38-22-14-26-45-46(38)39-31-35(27-30-44(39)58-45)57-41-24-12-10-21-36(41)37-28-29-43-47(48(37)57)52-40-23-11-13-25-42(40)56(43)34-19-8-3-9-20-34/h1-31,52H. The predicted molar refractivity (Wildman–Crippen MR) is 236 cm³/mol. The Bertz CT molecular complexity index is 3320. The highest BCUT2D eigenvalue weighted by Crippen LogP contribution is 2.52. The molecule has 0 aliphatic carbocycles. The Morgan fingerprint density at radius 3 is 1.90 bits per heavy atom. The summed E-state index contributed by atoms with van der Waals surface area (Å²) in [5, 5.41) is 8.15. The van der Waals surface area contributed by atoms with Crippen LogP contribution in [0, 0.1) is 0 Å². The van der Waals surface area contributed by atoms with E-state index in [0.717, 1.165) is 83.8 Å². The van der Waals surface area contributed by atoms with Gasteiger partial charge in [-0.1, -0.05) is 121 Å². The number of hydrogen-bond acceptors (Lipinski definition) is 6. The topological polar surface area (TPSA) is 72.0 Å². The Morgan fingerprint density at radius 1 is 0.448 bits per heavy atom. The lowest BCUT2D eigenvalue weighted by Crippen LogP contribution is -2.18. The Balaban J connectivity index is 1.11. The minimum Gasteiger partial charge on any atom is -0.456 e. The number of rotatable bonds is 5. The van der Waals surface area contributed by atoms with Crippen molar-refractivity contribution in [3.05, 3.63) is 188 Å². The molecule has 4 heterocycles. The number of benzene rings is 8. The maximum absolute atomic E-state index is 6.58. The van der Waals surface area contributed by atoms with Gasteiger partial charge in [-0.05, 0) is 66.7 Å². The van der Waals surface area contributed by atoms with Crippen LogP contribution in [0.2, 0.25) is 0 Å². The van der Waals surface area contributed by atoms with Crippen LogP contribution in [0.3, 0.4) is 0 Å². The maximum Gasteiger partial charge on any atom is 0.164 e. The fourth-order valence-electron chi connectivity index (χ4n) is 8.59. The maximum atomic E-state index is 6.58. The van der Waals surface area contributed by atoms with E-state index in [0.29, 0.717) is 17.5 Å². The van der Waals surface area contributed by atoms with Crippen molar-refractivity contribution in [2.24, 2.45) is 0 Å². The molecule has 0 saturated carbocycles. The van der Waals surface area contributed by atoms with Crippen LogP contribution in [0.1, 0.15) is 0 Å². The molecule has 0 fully saturated rings. The van der Waals surface area contributed by atoms with Gasteiger partial charge in [-0.2, -0.15) is 0 Å². The number of nitrogens with one attached hydrogen (secondary N) is 1. The van der Waals surface area contributed by atoms with Gasteiger partial charge < -0.3 is 19.2 Å². The van der Waals surface area contributed by atoms with Crippen molar-refractivity contribution in [1.29, 1.82) is 0 Å². The molecule has 1 N–H and O–H groups in total. The smallest absolute Gasteiger partial charge is 0.164 e. The first-order valence-electron chi connectivity index (χ1n) is 19.4. The summed E-state index contributed by atoms with van der Waals surface area (Å²) < 4.78 is 8.97. The van der Waals surface area contributed by atoms with Crippen LogP contribution < -0.4 is 10.2 Å². The van der Waals surface area contributed by atoms with Crippen molar-refractivity contribution in [3.8, 4) is 39.9 Å². The van der Waals surface area contributed by atoms with E-state index in [1.165, 1.54) is 10.8 Å². The summed E-state index contributed by atoms with van der Waals surface area (Å²) in [6.07, 6.45) is 0. The average molecular weight is 745 g/mol. The monoisotopic (exact) mass is 744 g/mol. The molecule has 7 nitrogen and oxygen atoms in total. The van der Waals surface area contributed by atoms with Crippen LogP contribution in [0.5, 0.6) is 0 Å². The first-order valence-corrected chi connectivity index (χ1v) is 19.4. The molecule has 12 rings (SSSR count). The quantitative estimate of drug-likeness (QED) is 0.189. The predicted octanol–water partition coefficient (Wildman–Crippen LogP) is 13.4. The highest BCUT2D eigenvalue weighted by molar-refractivity contribution is 6.19. The highest BCUT2D eigenvalue weighted by Gasteiger charge is 2.28. The molecule has 0 radical (unpaired) electrons. The number of nitrogens with zero attached hydrogens (tertiary/aromatic N) is 5. The van der Waals surface area contributed by atoms with E-state index in [2.05, 4.69) is 130 Å². The van der Waals surface area contributed by atoms with Crippen molar-refractivity contribution < 1.29 is 4.42 Å². The molecule has 8 aromatic carbocycles. The molecule has 0 bridgehead atoms. The van der Waals surface area contributed by atoms with E-state index in [1.807, 2.05) is 72.8 Å². The van der Waals surface area contributed by atoms with Crippen LogP contribution in [-0.4, -0.2) is 19.5 Å². The molecular formula is C51H32N6O. The third kappa shape index (κ3) is 4.97.